The summed E-state index contributed by atoms with van der Waals surface area (Å²) in [7, 11) is 3.12. The zero-order valence-corrected chi connectivity index (χ0v) is 11.4. The Morgan fingerprint density at radius 1 is 1.30 bits per heavy atom. The Labute approximate surface area is 116 Å². The third kappa shape index (κ3) is 2.89. The van der Waals surface area contributed by atoms with Crippen molar-refractivity contribution in [3.63, 3.8) is 0 Å². The van der Waals surface area contributed by atoms with Crippen LogP contribution >= 0.6 is 0 Å². The molecule has 1 unspecified atom stereocenters. The summed E-state index contributed by atoms with van der Waals surface area (Å²) in [5.74, 6) is 1.91. The molecule has 7 nitrogen and oxygen atoms in total. The molecule has 0 saturated carbocycles. The molecule has 2 aromatic rings. The van der Waals surface area contributed by atoms with Gasteiger partial charge in [0.1, 0.15) is 0 Å². The van der Waals surface area contributed by atoms with Crippen LogP contribution < -0.4 is 15.2 Å². The van der Waals surface area contributed by atoms with Gasteiger partial charge in [-0.25, -0.2) is 0 Å². The molecule has 0 amide bonds. The first kappa shape index (κ1) is 14.3. The van der Waals surface area contributed by atoms with Gasteiger partial charge in [-0.15, -0.1) is 0 Å². The number of aliphatic hydroxyl groups excluding tert-OH is 1. The van der Waals surface area contributed by atoms with Crippen molar-refractivity contribution >= 4 is 0 Å². The van der Waals surface area contributed by atoms with Crippen LogP contribution in [0.4, 0.5) is 0 Å². The van der Waals surface area contributed by atoms with Crippen molar-refractivity contribution in [1.29, 1.82) is 0 Å². The molecule has 1 atom stereocenters. The maximum Gasteiger partial charge on any atom is 0.243 e. The van der Waals surface area contributed by atoms with E-state index in [0.29, 0.717) is 29.6 Å². The first-order valence-electron chi connectivity index (χ1n) is 6.12. The fourth-order valence-corrected chi connectivity index (χ4v) is 1.74. The molecule has 0 saturated heterocycles. The topological polar surface area (TPSA) is 104 Å². The van der Waals surface area contributed by atoms with Crippen LogP contribution in [0.25, 0.3) is 11.4 Å². The average molecular weight is 279 g/mol. The number of hydrogen-bond acceptors (Lipinski definition) is 7. The second-order valence-corrected chi connectivity index (χ2v) is 4.14. The van der Waals surface area contributed by atoms with E-state index in [4.69, 9.17) is 24.8 Å². The highest BCUT2D eigenvalue weighted by atomic mass is 16.5. The molecular formula is C13H17N3O4. The predicted octanol–water partition coefficient (Wildman–Crippen LogP) is 1.14. The van der Waals surface area contributed by atoms with Crippen LogP contribution in [-0.2, 0) is 0 Å². The molecule has 0 aliphatic heterocycles. The monoisotopic (exact) mass is 279 g/mol. The van der Waals surface area contributed by atoms with Gasteiger partial charge in [-0.2, -0.15) is 4.98 Å². The zero-order valence-electron chi connectivity index (χ0n) is 11.4. The Kier molecular flexibility index (Phi) is 4.54. The molecule has 0 fully saturated rings. The van der Waals surface area contributed by atoms with Gasteiger partial charge in [0.25, 0.3) is 0 Å². The number of benzene rings is 1. The van der Waals surface area contributed by atoms with Gasteiger partial charge in [-0.05, 0) is 24.6 Å². The highest BCUT2D eigenvalue weighted by molar-refractivity contribution is 5.60. The molecule has 0 spiro atoms. The highest BCUT2D eigenvalue weighted by Crippen LogP contribution is 2.31. The molecule has 20 heavy (non-hydrogen) atoms. The van der Waals surface area contributed by atoms with Gasteiger partial charge < -0.3 is 24.8 Å². The smallest absolute Gasteiger partial charge is 0.243 e. The summed E-state index contributed by atoms with van der Waals surface area (Å²) in [5.41, 5.74) is 6.53. The van der Waals surface area contributed by atoms with Crippen molar-refractivity contribution < 1.29 is 19.1 Å². The SMILES string of the molecule is COc1ccc(-c2noc(C(N)CCO)n2)cc1OC. The van der Waals surface area contributed by atoms with Gasteiger partial charge in [0.05, 0.1) is 20.3 Å². The Balaban J connectivity index is 2.28. The van der Waals surface area contributed by atoms with Crippen LogP contribution in [0.2, 0.25) is 0 Å². The lowest BCUT2D eigenvalue weighted by atomic mass is 10.2. The third-order valence-corrected chi connectivity index (χ3v) is 2.84. The molecule has 2 rings (SSSR count). The van der Waals surface area contributed by atoms with E-state index in [1.54, 1.807) is 32.4 Å². The van der Waals surface area contributed by atoms with Crippen LogP contribution in [0.15, 0.2) is 22.7 Å². The Morgan fingerprint density at radius 2 is 2.05 bits per heavy atom. The summed E-state index contributed by atoms with van der Waals surface area (Å²) in [6.45, 7) is -0.0325. The number of nitrogens with two attached hydrogens (primary N) is 1. The summed E-state index contributed by atoms with van der Waals surface area (Å²) in [6.07, 6.45) is 0.369. The van der Waals surface area contributed by atoms with Gasteiger partial charge >= 0.3 is 0 Å². The minimum atomic E-state index is -0.471. The van der Waals surface area contributed by atoms with E-state index in [2.05, 4.69) is 10.1 Å². The number of ether oxygens (including phenoxy) is 2. The second kappa shape index (κ2) is 6.36. The summed E-state index contributed by atoms with van der Waals surface area (Å²) >= 11 is 0. The van der Waals surface area contributed by atoms with E-state index < -0.39 is 6.04 Å². The number of aromatic nitrogens is 2. The third-order valence-electron chi connectivity index (χ3n) is 2.84. The number of nitrogens with zero attached hydrogens (tertiary/aromatic N) is 2. The highest BCUT2D eigenvalue weighted by Gasteiger charge is 2.16. The zero-order chi connectivity index (χ0) is 14.5. The number of methoxy groups -OCH3 is 2. The fourth-order valence-electron chi connectivity index (χ4n) is 1.74. The Bertz CT molecular complexity index is 570. The van der Waals surface area contributed by atoms with Gasteiger partial charge in [-0.1, -0.05) is 5.16 Å². The summed E-state index contributed by atoms with van der Waals surface area (Å²) < 4.78 is 15.5. The van der Waals surface area contributed by atoms with Crippen molar-refractivity contribution in [2.24, 2.45) is 5.73 Å². The summed E-state index contributed by atoms with van der Waals surface area (Å²) in [6, 6.07) is 4.84. The van der Waals surface area contributed by atoms with Crippen LogP contribution in [0, 0.1) is 0 Å². The molecule has 108 valence electrons. The van der Waals surface area contributed by atoms with Crippen LogP contribution in [-0.4, -0.2) is 36.1 Å². The minimum absolute atomic E-state index is 0.0325. The first-order chi connectivity index (χ1) is 9.69. The van der Waals surface area contributed by atoms with E-state index in [1.165, 1.54) is 0 Å². The molecule has 1 aromatic heterocycles. The number of hydrogen-bond donors (Lipinski definition) is 2. The predicted molar refractivity (Wildman–Crippen MR) is 71.5 cm³/mol. The van der Waals surface area contributed by atoms with Crippen molar-refractivity contribution in [2.45, 2.75) is 12.5 Å². The van der Waals surface area contributed by atoms with E-state index in [1.807, 2.05) is 0 Å². The van der Waals surface area contributed by atoms with Crippen molar-refractivity contribution in [2.75, 3.05) is 20.8 Å². The lowest BCUT2D eigenvalue weighted by Gasteiger charge is -2.07. The Hall–Kier alpha value is -2.12. The minimum Gasteiger partial charge on any atom is -0.493 e. The largest absolute Gasteiger partial charge is 0.493 e. The molecule has 0 radical (unpaired) electrons. The lowest BCUT2D eigenvalue weighted by molar-refractivity contribution is 0.259. The fraction of sp³-hybridized carbons (Fsp3) is 0.385. The van der Waals surface area contributed by atoms with Gasteiger partial charge in [0.2, 0.25) is 11.7 Å². The molecule has 1 heterocycles. The Morgan fingerprint density at radius 3 is 2.70 bits per heavy atom. The molecule has 0 aliphatic carbocycles. The van der Waals surface area contributed by atoms with E-state index in [0.717, 1.165) is 5.56 Å². The van der Waals surface area contributed by atoms with Crippen molar-refractivity contribution in [3.8, 4) is 22.9 Å². The first-order valence-corrected chi connectivity index (χ1v) is 6.12. The standard InChI is InChI=1S/C13H17N3O4/c1-18-10-4-3-8(7-11(10)19-2)12-15-13(20-16-12)9(14)5-6-17/h3-4,7,9,17H,5-6,14H2,1-2H3. The van der Waals surface area contributed by atoms with Gasteiger partial charge in [-0.3, -0.25) is 0 Å². The summed E-state index contributed by atoms with van der Waals surface area (Å²) in [4.78, 5) is 4.22. The van der Waals surface area contributed by atoms with E-state index in [-0.39, 0.29) is 6.61 Å². The molecule has 3 N–H and O–H groups in total. The average Bonchev–Trinajstić information content (AvgIpc) is 2.96. The molecule has 7 heteroatoms. The quantitative estimate of drug-likeness (QED) is 0.817. The maximum atomic E-state index is 8.85. The molecule has 1 aromatic carbocycles. The van der Waals surface area contributed by atoms with Gasteiger partial charge in [0.15, 0.2) is 11.5 Å². The molecule has 0 aliphatic rings. The molecule has 0 bridgehead atoms. The van der Waals surface area contributed by atoms with Gasteiger partial charge in [0, 0.05) is 12.2 Å². The van der Waals surface area contributed by atoms with E-state index >= 15 is 0 Å². The maximum absolute atomic E-state index is 8.85. The van der Waals surface area contributed by atoms with Crippen molar-refractivity contribution in [1.82, 2.24) is 10.1 Å². The van der Waals surface area contributed by atoms with Crippen molar-refractivity contribution in [3.05, 3.63) is 24.1 Å². The second-order valence-electron chi connectivity index (χ2n) is 4.14. The number of rotatable bonds is 6. The normalized spacial score (nSPS) is 12.2. The lowest BCUT2D eigenvalue weighted by Crippen LogP contribution is -2.12. The van der Waals surface area contributed by atoms with Crippen LogP contribution in [0.1, 0.15) is 18.4 Å². The van der Waals surface area contributed by atoms with E-state index in [9.17, 15) is 0 Å². The van der Waals surface area contributed by atoms with Crippen LogP contribution in [0.3, 0.4) is 0 Å². The molecular weight excluding hydrogens is 262 g/mol. The summed E-state index contributed by atoms with van der Waals surface area (Å²) in [5, 5.41) is 12.7. The number of aliphatic hydroxyl groups is 1. The van der Waals surface area contributed by atoms with Crippen LogP contribution in [0.5, 0.6) is 11.5 Å².